The van der Waals surface area contributed by atoms with Crippen LogP contribution in [-0.4, -0.2) is 37.7 Å². The molecular formula is C33H37N3O. The van der Waals surface area contributed by atoms with Crippen LogP contribution in [0.4, 0.5) is 0 Å². The van der Waals surface area contributed by atoms with E-state index >= 15 is 0 Å². The van der Waals surface area contributed by atoms with Gasteiger partial charge in [-0.3, -0.25) is 0 Å². The molecule has 2 aliphatic heterocycles. The lowest BCUT2D eigenvalue weighted by Gasteiger charge is -2.52. The highest BCUT2D eigenvalue weighted by Gasteiger charge is 2.51. The maximum absolute atomic E-state index is 8.96. The second kappa shape index (κ2) is 10.7. The molecule has 3 aromatic carbocycles. The van der Waals surface area contributed by atoms with Gasteiger partial charge in [0.1, 0.15) is 5.75 Å². The molecule has 0 radical (unpaired) electrons. The Balaban J connectivity index is 1.14. The highest BCUT2D eigenvalue weighted by molar-refractivity contribution is 5.46. The molecule has 2 atom stereocenters. The van der Waals surface area contributed by atoms with Crippen molar-refractivity contribution in [3.63, 3.8) is 0 Å². The molecule has 1 aliphatic carbocycles. The predicted molar refractivity (Wildman–Crippen MR) is 148 cm³/mol. The van der Waals surface area contributed by atoms with E-state index in [-0.39, 0.29) is 5.54 Å². The number of hydrogen-bond donors (Lipinski definition) is 1. The SMILES string of the molecule is N#Cc1ccc(OCCCN2CCC(C3(C4CCc5ccccc54)NCCc4ccccc43)CC2)cc1. The molecule has 4 nitrogen and oxygen atoms in total. The molecule has 3 aliphatic rings. The first kappa shape index (κ1) is 24.2. The molecule has 2 unspecified atom stereocenters. The number of rotatable bonds is 7. The van der Waals surface area contributed by atoms with E-state index in [0.29, 0.717) is 24.0 Å². The first-order valence-electron chi connectivity index (χ1n) is 14.0. The van der Waals surface area contributed by atoms with E-state index in [2.05, 4.69) is 64.8 Å². The first-order valence-corrected chi connectivity index (χ1v) is 14.0. The molecule has 1 N–H and O–H groups in total. The van der Waals surface area contributed by atoms with Gasteiger partial charge in [-0.1, -0.05) is 48.5 Å². The molecule has 6 rings (SSSR count). The van der Waals surface area contributed by atoms with Crippen LogP contribution in [0, 0.1) is 17.2 Å². The van der Waals surface area contributed by atoms with Gasteiger partial charge in [-0.15, -0.1) is 0 Å². The number of piperidine rings is 1. The summed E-state index contributed by atoms with van der Waals surface area (Å²) in [6, 6.07) is 28.0. The van der Waals surface area contributed by atoms with Crippen molar-refractivity contribution in [1.82, 2.24) is 10.2 Å². The molecule has 0 saturated carbocycles. The van der Waals surface area contributed by atoms with E-state index in [1.54, 1.807) is 22.3 Å². The number of likely N-dealkylation sites (tertiary alicyclic amines) is 1. The summed E-state index contributed by atoms with van der Waals surface area (Å²) < 4.78 is 5.92. The minimum Gasteiger partial charge on any atom is -0.494 e. The third-order valence-corrected chi connectivity index (χ3v) is 9.06. The summed E-state index contributed by atoms with van der Waals surface area (Å²) in [7, 11) is 0. The lowest BCUT2D eigenvalue weighted by Crippen LogP contribution is -2.58. The van der Waals surface area contributed by atoms with Crippen molar-refractivity contribution in [2.24, 2.45) is 5.92 Å². The summed E-state index contributed by atoms with van der Waals surface area (Å²) in [5.74, 6) is 2.03. The monoisotopic (exact) mass is 491 g/mol. The number of nitriles is 1. The van der Waals surface area contributed by atoms with Gasteiger partial charge in [-0.25, -0.2) is 0 Å². The van der Waals surface area contributed by atoms with E-state index in [1.807, 2.05) is 24.3 Å². The maximum atomic E-state index is 8.96. The Morgan fingerprint density at radius 2 is 1.65 bits per heavy atom. The van der Waals surface area contributed by atoms with Crippen LogP contribution < -0.4 is 10.1 Å². The van der Waals surface area contributed by atoms with Gasteiger partial charge in [0.25, 0.3) is 0 Å². The third-order valence-electron chi connectivity index (χ3n) is 9.06. The van der Waals surface area contributed by atoms with E-state index in [9.17, 15) is 0 Å². The summed E-state index contributed by atoms with van der Waals surface area (Å²) >= 11 is 0. The van der Waals surface area contributed by atoms with Crippen LogP contribution in [0.1, 0.15) is 59.4 Å². The van der Waals surface area contributed by atoms with E-state index in [0.717, 1.165) is 44.8 Å². The van der Waals surface area contributed by atoms with Crippen LogP contribution in [0.2, 0.25) is 0 Å². The minimum absolute atomic E-state index is 0.0340. The average molecular weight is 492 g/mol. The maximum Gasteiger partial charge on any atom is 0.119 e. The Morgan fingerprint density at radius 1 is 0.892 bits per heavy atom. The average Bonchev–Trinajstić information content (AvgIpc) is 3.40. The Bertz CT molecular complexity index is 1260. The number of benzene rings is 3. The number of nitrogens with zero attached hydrogens (tertiary/aromatic N) is 2. The highest BCUT2D eigenvalue weighted by Crippen LogP contribution is 2.53. The summed E-state index contributed by atoms with van der Waals surface area (Å²) in [6.45, 7) is 5.17. The zero-order valence-electron chi connectivity index (χ0n) is 21.7. The van der Waals surface area contributed by atoms with Crippen molar-refractivity contribution < 1.29 is 4.74 Å². The lowest BCUT2D eigenvalue weighted by atomic mass is 9.62. The predicted octanol–water partition coefficient (Wildman–Crippen LogP) is 5.81. The Hall–Kier alpha value is -3.13. The highest BCUT2D eigenvalue weighted by atomic mass is 16.5. The normalized spacial score (nSPS) is 23.7. The van der Waals surface area contributed by atoms with E-state index < -0.39 is 0 Å². The Morgan fingerprint density at radius 3 is 2.46 bits per heavy atom. The zero-order valence-corrected chi connectivity index (χ0v) is 21.7. The van der Waals surface area contributed by atoms with E-state index in [1.165, 1.54) is 25.7 Å². The fourth-order valence-electron chi connectivity index (χ4n) is 7.35. The van der Waals surface area contributed by atoms with Crippen molar-refractivity contribution >= 4 is 0 Å². The Kier molecular flexibility index (Phi) is 7.00. The van der Waals surface area contributed by atoms with Gasteiger partial charge in [0, 0.05) is 19.0 Å². The largest absolute Gasteiger partial charge is 0.494 e. The van der Waals surface area contributed by atoms with Gasteiger partial charge < -0.3 is 15.0 Å². The van der Waals surface area contributed by atoms with Crippen LogP contribution in [0.5, 0.6) is 5.75 Å². The van der Waals surface area contributed by atoms with Crippen molar-refractivity contribution in [1.29, 1.82) is 5.26 Å². The number of ether oxygens (including phenoxy) is 1. The van der Waals surface area contributed by atoms with Gasteiger partial charge in [0.05, 0.1) is 23.8 Å². The molecule has 0 amide bonds. The topological polar surface area (TPSA) is 48.3 Å². The van der Waals surface area contributed by atoms with Crippen LogP contribution in [0.15, 0.2) is 72.8 Å². The first-order chi connectivity index (χ1) is 18.3. The quantitative estimate of drug-likeness (QED) is 0.424. The standard InChI is InChI=1S/C33H37N3O/c34-24-25-10-13-29(14-11-25)37-23-5-20-36-21-17-28(18-22-36)33(31-9-4-2-7-27(31)16-19-35-33)32-15-12-26-6-1-3-8-30(26)32/h1-4,6-11,13-14,28,32,35H,5,12,15-23H2. The van der Waals surface area contributed by atoms with Crippen molar-refractivity contribution in [2.75, 3.05) is 32.8 Å². The van der Waals surface area contributed by atoms with Crippen LogP contribution >= 0.6 is 0 Å². The molecule has 3 aromatic rings. The number of aryl methyl sites for hydroxylation is 1. The molecular weight excluding hydrogens is 454 g/mol. The number of fused-ring (bicyclic) bond motifs is 2. The number of hydrogen-bond acceptors (Lipinski definition) is 4. The molecule has 4 heteroatoms. The van der Waals surface area contributed by atoms with Crippen molar-refractivity contribution in [2.45, 2.75) is 50.0 Å². The van der Waals surface area contributed by atoms with Gasteiger partial charge in [-0.05, 0) is 104 Å². The lowest BCUT2D eigenvalue weighted by molar-refractivity contribution is 0.0763. The van der Waals surface area contributed by atoms with Gasteiger partial charge in [0.2, 0.25) is 0 Å². The molecule has 2 heterocycles. The molecule has 0 spiro atoms. The van der Waals surface area contributed by atoms with Crippen LogP contribution in [0.25, 0.3) is 0 Å². The molecule has 37 heavy (non-hydrogen) atoms. The summed E-state index contributed by atoms with van der Waals surface area (Å²) in [4.78, 5) is 2.63. The molecule has 190 valence electrons. The van der Waals surface area contributed by atoms with Crippen molar-refractivity contribution in [3.05, 3.63) is 101 Å². The van der Waals surface area contributed by atoms with Crippen molar-refractivity contribution in [3.8, 4) is 11.8 Å². The molecule has 1 saturated heterocycles. The number of nitrogens with one attached hydrogen (secondary N) is 1. The minimum atomic E-state index is 0.0340. The summed E-state index contributed by atoms with van der Waals surface area (Å²) in [6.07, 6.45) is 7.06. The van der Waals surface area contributed by atoms with Crippen LogP contribution in [-0.2, 0) is 18.4 Å². The molecule has 0 bridgehead atoms. The fourth-order valence-corrected chi connectivity index (χ4v) is 7.35. The van der Waals surface area contributed by atoms with E-state index in [4.69, 9.17) is 10.00 Å². The second-order valence-corrected chi connectivity index (χ2v) is 10.9. The smallest absolute Gasteiger partial charge is 0.119 e. The molecule has 1 fully saturated rings. The summed E-state index contributed by atoms with van der Waals surface area (Å²) in [5.41, 5.74) is 6.95. The summed E-state index contributed by atoms with van der Waals surface area (Å²) in [5, 5.41) is 13.1. The molecule has 0 aromatic heterocycles. The fraction of sp³-hybridized carbons (Fsp3) is 0.424. The van der Waals surface area contributed by atoms with Gasteiger partial charge >= 0.3 is 0 Å². The zero-order chi connectivity index (χ0) is 25.1. The van der Waals surface area contributed by atoms with Gasteiger partial charge in [0.15, 0.2) is 0 Å². The Labute approximate surface area is 221 Å². The van der Waals surface area contributed by atoms with Crippen LogP contribution in [0.3, 0.4) is 0 Å². The second-order valence-electron chi connectivity index (χ2n) is 10.9. The third kappa shape index (κ3) is 4.67. The van der Waals surface area contributed by atoms with Gasteiger partial charge in [-0.2, -0.15) is 5.26 Å².